The van der Waals surface area contributed by atoms with Gasteiger partial charge in [0.2, 0.25) is 5.91 Å². The molecule has 0 heterocycles. The maximum atomic E-state index is 11.8. The highest BCUT2D eigenvalue weighted by Gasteiger charge is 2.29. The number of carbonyl (C=O) groups excluding carboxylic acids is 1. The average molecular weight is 258 g/mol. The van der Waals surface area contributed by atoms with Gasteiger partial charge in [0, 0.05) is 23.8 Å². The van der Waals surface area contributed by atoms with E-state index < -0.39 is 0 Å². The summed E-state index contributed by atoms with van der Waals surface area (Å²) in [5.41, 5.74) is 6.02. The summed E-state index contributed by atoms with van der Waals surface area (Å²) in [6.45, 7) is 2.96. The Morgan fingerprint density at radius 3 is 2.65 bits per heavy atom. The van der Waals surface area contributed by atoms with Crippen molar-refractivity contribution in [3.63, 3.8) is 0 Å². The molecule has 1 amide bonds. The molecule has 0 aromatic carbocycles. The molecule has 0 spiro atoms. The van der Waals surface area contributed by atoms with Crippen molar-refractivity contribution in [2.75, 3.05) is 12.8 Å². The highest BCUT2D eigenvalue weighted by atomic mass is 32.2. The van der Waals surface area contributed by atoms with E-state index in [1.807, 2.05) is 11.8 Å². The monoisotopic (exact) mass is 258 g/mol. The van der Waals surface area contributed by atoms with Gasteiger partial charge in [0.05, 0.1) is 0 Å². The topological polar surface area (TPSA) is 55.1 Å². The van der Waals surface area contributed by atoms with Gasteiger partial charge in [0.1, 0.15) is 0 Å². The minimum Gasteiger partial charge on any atom is -0.356 e. The molecule has 1 rings (SSSR count). The Hall–Kier alpha value is -0.220. The van der Waals surface area contributed by atoms with Gasteiger partial charge in [-0.15, -0.1) is 0 Å². The zero-order valence-corrected chi connectivity index (χ0v) is 11.9. The molecule has 1 saturated carbocycles. The molecule has 1 aliphatic carbocycles. The lowest BCUT2D eigenvalue weighted by Gasteiger charge is -2.32. The van der Waals surface area contributed by atoms with Gasteiger partial charge < -0.3 is 11.1 Å². The van der Waals surface area contributed by atoms with Gasteiger partial charge >= 0.3 is 0 Å². The fraction of sp³-hybridized carbons (Fsp3) is 0.923. The van der Waals surface area contributed by atoms with E-state index in [0.717, 1.165) is 25.8 Å². The van der Waals surface area contributed by atoms with Crippen LogP contribution in [-0.4, -0.2) is 29.5 Å². The number of nitrogens with one attached hydrogen (secondary N) is 1. The van der Waals surface area contributed by atoms with Gasteiger partial charge in [0.25, 0.3) is 0 Å². The number of carbonyl (C=O) groups is 1. The fourth-order valence-corrected chi connectivity index (χ4v) is 2.70. The molecule has 100 valence electrons. The molecule has 0 saturated heterocycles. The summed E-state index contributed by atoms with van der Waals surface area (Å²) in [7, 11) is 0. The maximum absolute atomic E-state index is 11.8. The van der Waals surface area contributed by atoms with Crippen molar-refractivity contribution in [3.05, 3.63) is 0 Å². The Balaban J connectivity index is 2.19. The van der Waals surface area contributed by atoms with Crippen LogP contribution in [0.5, 0.6) is 0 Å². The molecule has 1 atom stereocenters. The van der Waals surface area contributed by atoms with Crippen LogP contribution in [0.3, 0.4) is 0 Å². The summed E-state index contributed by atoms with van der Waals surface area (Å²) in [5.74, 6) is 0.128. The van der Waals surface area contributed by atoms with Crippen LogP contribution in [0.2, 0.25) is 0 Å². The summed E-state index contributed by atoms with van der Waals surface area (Å²) >= 11 is 1.84. The molecule has 0 aromatic heterocycles. The molecule has 0 radical (unpaired) electrons. The first-order valence-electron chi connectivity index (χ1n) is 6.64. The highest BCUT2D eigenvalue weighted by Crippen LogP contribution is 2.28. The second-order valence-electron chi connectivity index (χ2n) is 5.28. The number of amides is 1. The van der Waals surface area contributed by atoms with Gasteiger partial charge in [-0.1, -0.05) is 26.2 Å². The van der Waals surface area contributed by atoms with E-state index in [1.165, 1.54) is 19.3 Å². The van der Waals surface area contributed by atoms with Crippen molar-refractivity contribution in [1.29, 1.82) is 0 Å². The van der Waals surface area contributed by atoms with E-state index in [4.69, 9.17) is 5.73 Å². The first kappa shape index (κ1) is 14.8. The quantitative estimate of drug-likeness (QED) is 0.768. The van der Waals surface area contributed by atoms with Gasteiger partial charge in [-0.3, -0.25) is 4.79 Å². The summed E-state index contributed by atoms with van der Waals surface area (Å²) in [6, 6.07) is 0. The molecular formula is C13H26N2OS. The lowest BCUT2D eigenvalue weighted by atomic mass is 9.80. The summed E-state index contributed by atoms with van der Waals surface area (Å²) in [4.78, 5) is 11.8. The zero-order chi connectivity index (χ0) is 12.7. The molecule has 0 bridgehead atoms. The standard InChI is InChI=1S/C13H26N2OS/c1-11(17-2)6-9-15-12(16)10-13(14)7-4-3-5-8-13/h11H,3-10,14H2,1-2H3,(H,15,16). The van der Waals surface area contributed by atoms with Crippen molar-refractivity contribution in [1.82, 2.24) is 5.32 Å². The molecule has 17 heavy (non-hydrogen) atoms. The maximum Gasteiger partial charge on any atom is 0.221 e. The number of hydrogen-bond donors (Lipinski definition) is 2. The van der Waals surface area contributed by atoms with Crippen molar-refractivity contribution in [3.8, 4) is 0 Å². The van der Waals surface area contributed by atoms with E-state index in [-0.39, 0.29) is 11.4 Å². The first-order chi connectivity index (χ1) is 8.06. The van der Waals surface area contributed by atoms with E-state index in [9.17, 15) is 4.79 Å². The van der Waals surface area contributed by atoms with Crippen LogP contribution in [-0.2, 0) is 4.79 Å². The SMILES string of the molecule is CSC(C)CCNC(=O)CC1(N)CCCCC1. The molecule has 0 aliphatic heterocycles. The van der Waals surface area contributed by atoms with Crippen molar-refractivity contribution < 1.29 is 4.79 Å². The van der Waals surface area contributed by atoms with E-state index in [0.29, 0.717) is 11.7 Å². The van der Waals surface area contributed by atoms with Crippen LogP contribution in [0, 0.1) is 0 Å². The van der Waals surface area contributed by atoms with Gasteiger partial charge in [0.15, 0.2) is 0 Å². The Morgan fingerprint density at radius 1 is 1.41 bits per heavy atom. The normalized spacial score (nSPS) is 20.9. The molecule has 3 nitrogen and oxygen atoms in total. The Kier molecular flexibility index (Phi) is 6.34. The van der Waals surface area contributed by atoms with Gasteiger partial charge in [-0.2, -0.15) is 11.8 Å². The number of nitrogens with two attached hydrogens (primary N) is 1. The third-order valence-electron chi connectivity index (χ3n) is 3.64. The third kappa shape index (κ3) is 5.77. The van der Waals surface area contributed by atoms with E-state index in [1.54, 1.807) is 0 Å². The van der Waals surface area contributed by atoms with Crippen LogP contribution >= 0.6 is 11.8 Å². The Morgan fingerprint density at radius 2 is 2.06 bits per heavy atom. The van der Waals surface area contributed by atoms with Crippen LogP contribution < -0.4 is 11.1 Å². The molecule has 0 aromatic rings. The predicted octanol–water partition coefficient (Wildman–Crippen LogP) is 2.30. The van der Waals surface area contributed by atoms with Crippen LogP contribution in [0.15, 0.2) is 0 Å². The average Bonchev–Trinajstić information content (AvgIpc) is 2.29. The van der Waals surface area contributed by atoms with E-state index in [2.05, 4.69) is 18.5 Å². The molecule has 3 N–H and O–H groups in total. The van der Waals surface area contributed by atoms with Crippen LogP contribution in [0.4, 0.5) is 0 Å². The minimum absolute atomic E-state index is 0.128. The summed E-state index contributed by atoms with van der Waals surface area (Å²) < 4.78 is 0. The van der Waals surface area contributed by atoms with Crippen LogP contribution in [0.1, 0.15) is 51.9 Å². The number of hydrogen-bond acceptors (Lipinski definition) is 3. The fourth-order valence-electron chi connectivity index (χ4n) is 2.35. The molecule has 1 aliphatic rings. The van der Waals surface area contributed by atoms with Gasteiger partial charge in [-0.05, 0) is 25.5 Å². The lowest BCUT2D eigenvalue weighted by Crippen LogP contribution is -2.46. The van der Waals surface area contributed by atoms with Crippen LogP contribution in [0.25, 0.3) is 0 Å². The summed E-state index contributed by atoms with van der Waals surface area (Å²) in [5, 5.41) is 3.60. The smallest absolute Gasteiger partial charge is 0.221 e. The van der Waals surface area contributed by atoms with Crippen molar-refractivity contribution in [2.24, 2.45) is 5.73 Å². The minimum atomic E-state index is -0.229. The Bertz CT molecular complexity index is 240. The van der Waals surface area contributed by atoms with Gasteiger partial charge in [-0.25, -0.2) is 0 Å². The molecule has 1 unspecified atom stereocenters. The highest BCUT2D eigenvalue weighted by molar-refractivity contribution is 7.99. The molecular weight excluding hydrogens is 232 g/mol. The van der Waals surface area contributed by atoms with Crippen molar-refractivity contribution in [2.45, 2.75) is 62.7 Å². The lowest BCUT2D eigenvalue weighted by molar-refractivity contribution is -0.122. The van der Waals surface area contributed by atoms with E-state index >= 15 is 0 Å². The zero-order valence-electron chi connectivity index (χ0n) is 11.1. The summed E-state index contributed by atoms with van der Waals surface area (Å²) in [6.07, 6.45) is 9.25. The Labute approximate surface area is 109 Å². The number of rotatable bonds is 6. The third-order valence-corrected chi connectivity index (χ3v) is 4.68. The largest absolute Gasteiger partial charge is 0.356 e. The second-order valence-corrected chi connectivity index (χ2v) is 6.56. The second kappa shape index (κ2) is 7.27. The van der Waals surface area contributed by atoms with Crippen molar-refractivity contribution >= 4 is 17.7 Å². The number of thioether (sulfide) groups is 1. The molecule has 1 fully saturated rings. The first-order valence-corrected chi connectivity index (χ1v) is 7.93. The predicted molar refractivity (Wildman–Crippen MR) is 75.2 cm³/mol. The molecule has 4 heteroatoms.